The number of nitrogens with zero attached hydrogens (tertiary/aromatic N) is 3. The van der Waals surface area contributed by atoms with Crippen molar-refractivity contribution in [1.82, 2.24) is 15.1 Å². The van der Waals surface area contributed by atoms with Gasteiger partial charge in [-0.1, -0.05) is 26.7 Å². The number of guanidine groups is 1. The second kappa shape index (κ2) is 10.6. The molecule has 3 atom stereocenters. The average molecular weight is 492 g/mol. The Morgan fingerprint density at radius 3 is 2.52 bits per heavy atom. The maximum absolute atomic E-state index is 6.07. The summed E-state index contributed by atoms with van der Waals surface area (Å²) >= 11 is 0. The van der Waals surface area contributed by atoms with Gasteiger partial charge >= 0.3 is 0 Å². The highest BCUT2D eigenvalue weighted by Crippen LogP contribution is 2.54. The van der Waals surface area contributed by atoms with Gasteiger partial charge in [0.15, 0.2) is 5.96 Å². The van der Waals surface area contributed by atoms with Crippen molar-refractivity contribution in [3.05, 3.63) is 0 Å². The highest BCUT2D eigenvalue weighted by Gasteiger charge is 2.57. The minimum absolute atomic E-state index is 0. The standard InChI is InChI=1S/C21H40N4O.HI/c1-5-24(6-2)15-17-10-13-25(16-17)20(22-4)23-18-14-19(26-7-3)21(18)11-8-9-12-21;/h17-19H,5-16H2,1-4H3,(H,22,23);1H. The van der Waals surface area contributed by atoms with Crippen LogP contribution in [0, 0.1) is 11.3 Å². The third-order valence-corrected chi connectivity index (χ3v) is 7.20. The molecule has 3 unspecified atom stereocenters. The summed E-state index contributed by atoms with van der Waals surface area (Å²) in [6.45, 7) is 13.3. The number of likely N-dealkylation sites (tertiary alicyclic amines) is 1. The third kappa shape index (κ3) is 4.92. The topological polar surface area (TPSA) is 40.1 Å². The van der Waals surface area contributed by atoms with Gasteiger partial charge in [-0.3, -0.25) is 4.99 Å². The molecule has 27 heavy (non-hydrogen) atoms. The van der Waals surface area contributed by atoms with Crippen molar-refractivity contribution in [2.75, 3.05) is 46.4 Å². The molecule has 158 valence electrons. The first-order valence-electron chi connectivity index (χ1n) is 11.0. The lowest BCUT2D eigenvalue weighted by Crippen LogP contribution is -2.65. The maximum Gasteiger partial charge on any atom is 0.193 e. The van der Waals surface area contributed by atoms with Crippen molar-refractivity contribution in [2.24, 2.45) is 16.3 Å². The number of aliphatic imine (C=N–C) groups is 1. The Labute approximate surface area is 183 Å². The van der Waals surface area contributed by atoms with Crippen LogP contribution in [0.25, 0.3) is 0 Å². The van der Waals surface area contributed by atoms with Crippen molar-refractivity contribution >= 4 is 29.9 Å². The zero-order valence-electron chi connectivity index (χ0n) is 17.9. The second-order valence-electron chi connectivity index (χ2n) is 8.45. The van der Waals surface area contributed by atoms with Crippen molar-refractivity contribution in [3.63, 3.8) is 0 Å². The largest absolute Gasteiger partial charge is 0.378 e. The SMILES string of the molecule is CCOC1CC(NC(=NC)N2CCC(CN(CC)CC)C2)C12CCCC2.I. The Morgan fingerprint density at radius 2 is 1.93 bits per heavy atom. The molecular weight excluding hydrogens is 451 g/mol. The zero-order chi connectivity index (χ0) is 18.6. The van der Waals surface area contributed by atoms with Crippen LogP contribution in [0.3, 0.4) is 0 Å². The van der Waals surface area contributed by atoms with E-state index in [4.69, 9.17) is 4.74 Å². The molecule has 1 aliphatic heterocycles. The summed E-state index contributed by atoms with van der Waals surface area (Å²) in [5.74, 6) is 1.89. The van der Waals surface area contributed by atoms with Gasteiger partial charge in [-0.15, -0.1) is 24.0 Å². The summed E-state index contributed by atoms with van der Waals surface area (Å²) in [5, 5.41) is 3.85. The number of rotatable bonds is 7. The normalized spacial score (nSPS) is 29.9. The van der Waals surface area contributed by atoms with E-state index >= 15 is 0 Å². The van der Waals surface area contributed by atoms with Gasteiger partial charge in [-0.25, -0.2) is 0 Å². The van der Waals surface area contributed by atoms with Crippen LogP contribution in [0.4, 0.5) is 0 Å². The minimum Gasteiger partial charge on any atom is -0.378 e. The molecule has 0 aromatic rings. The predicted molar refractivity (Wildman–Crippen MR) is 124 cm³/mol. The molecule has 6 heteroatoms. The van der Waals surface area contributed by atoms with Crippen LogP contribution in [-0.2, 0) is 4.74 Å². The summed E-state index contributed by atoms with van der Waals surface area (Å²) in [6, 6.07) is 0.544. The smallest absolute Gasteiger partial charge is 0.193 e. The zero-order valence-corrected chi connectivity index (χ0v) is 20.2. The van der Waals surface area contributed by atoms with E-state index in [2.05, 4.69) is 40.9 Å². The molecule has 0 aromatic heterocycles. The Balaban J connectivity index is 0.00000261. The number of nitrogens with one attached hydrogen (secondary N) is 1. The quantitative estimate of drug-likeness (QED) is 0.335. The molecule has 2 aliphatic carbocycles. The van der Waals surface area contributed by atoms with Crippen molar-refractivity contribution in [2.45, 2.75) is 71.4 Å². The Morgan fingerprint density at radius 1 is 1.22 bits per heavy atom. The molecule has 1 spiro atoms. The summed E-state index contributed by atoms with van der Waals surface area (Å²) in [6.07, 6.45) is 8.23. The highest BCUT2D eigenvalue weighted by molar-refractivity contribution is 14.0. The molecule has 5 nitrogen and oxygen atoms in total. The molecule has 3 rings (SSSR count). The summed E-state index contributed by atoms with van der Waals surface area (Å²) in [5.41, 5.74) is 0.367. The molecule has 0 bridgehead atoms. The number of hydrogen-bond acceptors (Lipinski definition) is 3. The molecule has 0 radical (unpaired) electrons. The Hall–Kier alpha value is -0.0800. The summed E-state index contributed by atoms with van der Waals surface area (Å²) in [4.78, 5) is 9.69. The van der Waals surface area contributed by atoms with Gasteiger partial charge in [0.2, 0.25) is 0 Å². The second-order valence-corrected chi connectivity index (χ2v) is 8.45. The number of hydrogen-bond donors (Lipinski definition) is 1. The predicted octanol–water partition coefficient (Wildman–Crippen LogP) is 3.58. The van der Waals surface area contributed by atoms with Crippen molar-refractivity contribution in [1.29, 1.82) is 0 Å². The molecule has 3 fully saturated rings. The highest BCUT2D eigenvalue weighted by atomic mass is 127. The Kier molecular flexibility index (Phi) is 9.13. The lowest BCUT2D eigenvalue weighted by Gasteiger charge is -2.54. The monoisotopic (exact) mass is 492 g/mol. The van der Waals surface area contributed by atoms with E-state index in [1.165, 1.54) is 38.6 Å². The molecule has 0 aromatic carbocycles. The van der Waals surface area contributed by atoms with Gasteiger partial charge in [0, 0.05) is 44.7 Å². The molecule has 1 N–H and O–H groups in total. The van der Waals surface area contributed by atoms with Crippen LogP contribution < -0.4 is 5.32 Å². The molecular formula is C21H41IN4O. The molecule has 2 saturated carbocycles. The first-order valence-corrected chi connectivity index (χ1v) is 11.0. The van der Waals surface area contributed by atoms with Gasteiger partial charge in [0.25, 0.3) is 0 Å². The molecule has 0 amide bonds. The fourth-order valence-corrected chi connectivity index (χ4v) is 5.56. The average Bonchev–Trinajstić information content (AvgIpc) is 3.33. The van der Waals surface area contributed by atoms with E-state index in [0.29, 0.717) is 17.6 Å². The first kappa shape index (κ1) is 23.2. The van der Waals surface area contributed by atoms with Crippen LogP contribution in [0.5, 0.6) is 0 Å². The minimum atomic E-state index is 0. The number of halogens is 1. The van der Waals surface area contributed by atoms with Crippen LogP contribution in [0.15, 0.2) is 4.99 Å². The fourth-order valence-electron chi connectivity index (χ4n) is 5.56. The summed E-state index contributed by atoms with van der Waals surface area (Å²) < 4.78 is 6.07. The fraction of sp³-hybridized carbons (Fsp3) is 0.952. The van der Waals surface area contributed by atoms with Gasteiger partial charge in [-0.2, -0.15) is 0 Å². The van der Waals surface area contributed by atoms with Crippen LogP contribution in [-0.4, -0.2) is 74.3 Å². The lowest BCUT2D eigenvalue weighted by atomic mass is 9.60. The van der Waals surface area contributed by atoms with Gasteiger partial charge in [-0.05, 0) is 51.6 Å². The molecule has 3 aliphatic rings. The van der Waals surface area contributed by atoms with Crippen molar-refractivity contribution < 1.29 is 4.74 Å². The lowest BCUT2D eigenvalue weighted by molar-refractivity contribution is -0.126. The number of ether oxygens (including phenoxy) is 1. The van der Waals surface area contributed by atoms with Crippen molar-refractivity contribution in [3.8, 4) is 0 Å². The van der Waals surface area contributed by atoms with E-state index in [1.807, 2.05) is 7.05 Å². The van der Waals surface area contributed by atoms with E-state index in [-0.39, 0.29) is 24.0 Å². The van der Waals surface area contributed by atoms with Gasteiger partial charge < -0.3 is 19.9 Å². The third-order valence-electron chi connectivity index (χ3n) is 7.20. The van der Waals surface area contributed by atoms with Crippen LogP contribution >= 0.6 is 24.0 Å². The Bertz CT molecular complexity index is 477. The van der Waals surface area contributed by atoms with Crippen LogP contribution in [0.1, 0.15) is 59.3 Å². The van der Waals surface area contributed by atoms with E-state index in [1.54, 1.807) is 0 Å². The van der Waals surface area contributed by atoms with Gasteiger partial charge in [0.1, 0.15) is 0 Å². The first-order chi connectivity index (χ1) is 12.7. The van der Waals surface area contributed by atoms with Gasteiger partial charge in [0.05, 0.1) is 6.10 Å². The summed E-state index contributed by atoms with van der Waals surface area (Å²) in [7, 11) is 1.94. The van der Waals surface area contributed by atoms with E-state index < -0.39 is 0 Å². The molecule has 1 saturated heterocycles. The maximum atomic E-state index is 6.07. The molecule has 1 heterocycles. The van der Waals surface area contributed by atoms with E-state index in [9.17, 15) is 0 Å². The van der Waals surface area contributed by atoms with Crippen LogP contribution in [0.2, 0.25) is 0 Å². The van der Waals surface area contributed by atoms with E-state index in [0.717, 1.165) is 51.1 Å².